The number of hydrogen-bond donors (Lipinski definition) is 0. The summed E-state index contributed by atoms with van der Waals surface area (Å²) in [6.45, 7) is 0. The summed E-state index contributed by atoms with van der Waals surface area (Å²) < 4.78 is 24.5. The van der Waals surface area contributed by atoms with Gasteiger partial charge in [-0.2, -0.15) is 0 Å². The maximum absolute atomic E-state index is 8.24. The van der Waals surface area contributed by atoms with Crippen LogP contribution in [-0.2, 0) is 0 Å². The first-order valence-electron chi connectivity index (χ1n) is 6.02. The van der Waals surface area contributed by atoms with Crippen molar-refractivity contribution >= 4 is 0 Å². The molecule has 0 heterocycles. The largest absolute Gasteiger partial charge is 0.0475 e. The molecule has 4 aliphatic carbocycles. The van der Waals surface area contributed by atoms with Crippen LogP contribution in [-0.4, -0.2) is 0 Å². The SMILES string of the molecule is [3H]C1C2([3H])CC3CC(C2)CC1([3H])C3. The molecule has 10 heavy (non-hydrogen) atoms. The highest BCUT2D eigenvalue weighted by Gasteiger charge is 2.41. The summed E-state index contributed by atoms with van der Waals surface area (Å²) >= 11 is 0. The second kappa shape index (κ2) is 1.78. The molecule has 0 N–H and O–H groups in total. The first-order valence-corrected chi connectivity index (χ1v) is 4.44. The monoisotopic (exact) mass is 142 g/mol. The first kappa shape index (κ1) is 3.60. The summed E-state index contributed by atoms with van der Waals surface area (Å²) in [7, 11) is 0. The molecular weight excluding hydrogens is 120 g/mol. The molecule has 4 aliphatic rings. The van der Waals surface area contributed by atoms with Crippen molar-refractivity contribution in [2.24, 2.45) is 23.6 Å². The van der Waals surface area contributed by atoms with Crippen molar-refractivity contribution in [2.75, 3.05) is 0 Å². The fourth-order valence-electron chi connectivity index (χ4n) is 3.12. The van der Waals surface area contributed by atoms with Gasteiger partial charge >= 0.3 is 0 Å². The van der Waals surface area contributed by atoms with Gasteiger partial charge in [0.1, 0.15) is 0 Å². The molecule has 56 valence electrons. The van der Waals surface area contributed by atoms with Gasteiger partial charge in [0.05, 0.1) is 0 Å². The molecule has 0 aromatic carbocycles. The molecule has 0 atom stereocenters. The molecule has 0 aliphatic heterocycles. The summed E-state index contributed by atoms with van der Waals surface area (Å²) in [6, 6.07) is 0. The van der Waals surface area contributed by atoms with E-state index in [9.17, 15) is 0 Å². The molecule has 4 saturated carbocycles. The van der Waals surface area contributed by atoms with Gasteiger partial charge in [0.15, 0.2) is 0 Å². The van der Waals surface area contributed by atoms with E-state index in [0.717, 1.165) is 25.7 Å². The van der Waals surface area contributed by atoms with Crippen molar-refractivity contribution in [1.82, 2.24) is 0 Å². The molecule has 0 heteroatoms. The van der Waals surface area contributed by atoms with Crippen LogP contribution in [0.3, 0.4) is 0 Å². The van der Waals surface area contributed by atoms with E-state index in [0.29, 0.717) is 11.8 Å². The van der Waals surface area contributed by atoms with Gasteiger partial charge in [-0.1, -0.05) is 0 Å². The highest BCUT2D eigenvalue weighted by atomic mass is 14.5. The lowest BCUT2D eigenvalue weighted by molar-refractivity contribution is 0.0198. The van der Waals surface area contributed by atoms with Crippen molar-refractivity contribution < 1.29 is 4.11 Å². The zero-order valence-corrected chi connectivity index (χ0v) is 6.27. The molecular formula is C10H16. The topological polar surface area (TPSA) is 0 Å². The van der Waals surface area contributed by atoms with E-state index in [4.69, 9.17) is 4.11 Å². The van der Waals surface area contributed by atoms with E-state index in [1.807, 2.05) is 0 Å². The first-order chi connectivity index (χ1) is 6.02. The Bertz CT molecular complexity index is 215. The molecule has 0 radical (unpaired) electrons. The van der Waals surface area contributed by atoms with E-state index >= 15 is 0 Å². The van der Waals surface area contributed by atoms with Gasteiger partial charge in [-0.3, -0.25) is 0 Å². The van der Waals surface area contributed by atoms with Crippen LogP contribution in [0.4, 0.5) is 0 Å². The lowest BCUT2D eigenvalue weighted by Crippen LogP contribution is -2.38. The van der Waals surface area contributed by atoms with Crippen LogP contribution in [0.2, 0.25) is 0 Å². The van der Waals surface area contributed by atoms with Gasteiger partial charge in [0.25, 0.3) is 0 Å². The maximum atomic E-state index is 8.24. The molecule has 0 saturated heterocycles. The minimum Gasteiger partial charge on any atom is -0.0475 e. The second-order valence-electron chi connectivity index (χ2n) is 4.25. The minimum atomic E-state index is -0.550. The van der Waals surface area contributed by atoms with Crippen molar-refractivity contribution in [2.45, 2.75) is 38.5 Å². The molecule has 0 unspecified atom stereocenters. The highest BCUT2D eigenvalue weighted by Crippen LogP contribution is 2.53. The third kappa shape index (κ3) is 0.681. The van der Waals surface area contributed by atoms with Crippen LogP contribution < -0.4 is 0 Å². The summed E-state index contributed by atoms with van der Waals surface area (Å²) in [5, 5.41) is 0. The lowest BCUT2D eigenvalue weighted by atomic mass is 9.56. The molecule has 0 aromatic rings. The molecule has 0 spiro atoms. The van der Waals surface area contributed by atoms with Crippen molar-refractivity contribution in [3.05, 3.63) is 0 Å². The molecule has 0 nitrogen and oxygen atoms in total. The van der Waals surface area contributed by atoms with Crippen molar-refractivity contribution in [3.63, 3.8) is 0 Å². The van der Waals surface area contributed by atoms with Crippen molar-refractivity contribution in [3.8, 4) is 0 Å². The fourth-order valence-corrected chi connectivity index (χ4v) is 3.12. The molecule has 4 rings (SSSR count). The summed E-state index contributed by atoms with van der Waals surface area (Å²) in [4.78, 5) is 0. The Hall–Kier alpha value is 0. The fraction of sp³-hybridized carbons (Fsp3) is 1.00. The Balaban J connectivity index is 2.03. The van der Waals surface area contributed by atoms with Gasteiger partial charge in [0, 0.05) is 4.11 Å². The minimum absolute atomic E-state index is 0.437. The second-order valence-corrected chi connectivity index (χ2v) is 4.25. The van der Waals surface area contributed by atoms with Gasteiger partial charge in [0.2, 0.25) is 0 Å². The van der Waals surface area contributed by atoms with E-state index in [2.05, 4.69) is 0 Å². The van der Waals surface area contributed by atoms with E-state index < -0.39 is 18.2 Å². The van der Waals surface area contributed by atoms with Crippen LogP contribution in [0.25, 0.3) is 0 Å². The van der Waals surface area contributed by atoms with Gasteiger partial charge in [-0.15, -0.1) is 0 Å². The Morgan fingerprint density at radius 2 is 1.40 bits per heavy atom. The van der Waals surface area contributed by atoms with Crippen molar-refractivity contribution in [1.29, 1.82) is 0 Å². The molecule has 0 aromatic heterocycles. The van der Waals surface area contributed by atoms with Gasteiger partial charge < -0.3 is 0 Å². The highest BCUT2D eigenvalue weighted by molar-refractivity contribution is 4.92. The number of hydrogen-bond acceptors (Lipinski definition) is 0. The van der Waals surface area contributed by atoms with Crippen LogP contribution >= 0.6 is 0 Å². The number of rotatable bonds is 0. The van der Waals surface area contributed by atoms with Crippen LogP contribution in [0, 0.1) is 23.6 Å². The van der Waals surface area contributed by atoms with E-state index in [-0.39, 0.29) is 0 Å². The van der Waals surface area contributed by atoms with E-state index in [1.54, 1.807) is 0 Å². The average Bonchev–Trinajstić information content (AvgIpc) is 1.97. The van der Waals surface area contributed by atoms with E-state index in [1.165, 1.54) is 6.42 Å². The standard InChI is InChI=1S/C10H16/c1-7-2-9-4-8(1)5-10(3-7)6-9/h7-10H,1-6H2/i1T,7T,8T. The van der Waals surface area contributed by atoms with Crippen LogP contribution in [0.5, 0.6) is 0 Å². The Morgan fingerprint density at radius 3 is 1.90 bits per heavy atom. The normalized spacial score (nSPS) is 84.0. The predicted octanol–water partition coefficient (Wildman–Crippen LogP) is 2.83. The summed E-state index contributed by atoms with van der Waals surface area (Å²) in [5.74, 6) is 0.102. The smallest absolute Gasteiger partial charge is 0.0303 e. The predicted molar refractivity (Wildman–Crippen MR) is 41.7 cm³/mol. The Morgan fingerprint density at radius 1 is 0.900 bits per heavy atom. The molecule has 0 amide bonds. The maximum Gasteiger partial charge on any atom is 0.0303 e. The Kier molecular flexibility index (Phi) is 0.640. The third-order valence-corrected chi connectivity index (χ3v) is 3.28. The molecule has 4 bridgehead atoms. The van der Waals surface area contributed by atoms with Gasteiger partial charge in [-0.25, -0.2) is 0 Å². The zero-order chi connectivity index (χ0) is 9.27. The van der Waals surface area contributed by atoms with Gasteiger partial charge in [-0.05, 0) is 62.1 Å². The summed E-state index contributed by atoms with van der Waals surface area (Å²) in [6.07, 6.45) is 4.41. The van der Waals surface area contributed by atoms with Crippen LogP contribution in [0.15, 0.2) is 0 Å². The lowest BCUT2D eigenvalue weighted by Gasteiger charge is -2.49. The average molecular weight is 142 g/mol. The van der Waals surface area contributed by atoms with Crippen LogP contribution in [0.1, 0.15) is 42.6 Å². The zero-order valence-electron chi connectivity index (χ0n) is 9.27. The third-order valence-electron chi connectivity index (χ3n) is 3.28. The quantitative estimate of drug-likeness (QED) is 0.488. The Labute approximate surface area is 67.2 Å². The summed E-state index contributed by atoms with van der Waals surface area (Å²) in [5.41, 5.74) is 0. The molecule has 4 fully saturated rings.